The normalized spacial score (nSPS) is 11.3. The lowest BCUT2D eigenvalue weighted by Crippen LogP contribution is -2.08. The van der Waals surface area contributed by atoms with Crippen LogP contribution in [0.3, 0.4) is 0 Å². The van der Waals surface area contributed by atoms with Gasteiger partial charge in [0, 0.05) is 6.20 Å². The van der Waals surface area contributed by atoms with E-state index in [1.165, 1.54) is 18.5 Å². The van der Waals surface area contributed by atoms with Crippen LogP contribution in [0, 0.1) is 0 Å². The molecular formula is C12H12N2O2S. The van der Waals surface area contributed by atoms with Crippen molar-refractivity contribution in [1.82, 2.24) is 4.98 Å². The zero-order chi connectivity index (χ0) is 12.3. The van der Waals surface area contributed by atoms with Gasteiger partial charge in [-0.2, -0.15) is 0 Å². The van der Waals surface area contributed by atoms with Crippen LogP contribution in [0.5, 0.6) is 0 Å². The summed E-state index contributed by atoms with van der Waals surface area (Å²) in [6.07, 6.45) is 2.77. The molecule has 0 bridgehead atoms. The van der Waals surface area contributed by atoms with Crippen molar-refractivity contribution in [3.05, 3.63) is 54.4 Å². The molecule has 4 nitrogen and oxygen atoms in total. The van der Waals surface area contributed by atoms with Crippen LogP contribution in [0.25, 0.3) is 0 Å². The maximum Gasteiger partial charge on any atom is 0.184 e. The van der Waals surface area contributed by atoms with Crippen LogP contribution in [-0.2, 0) is 15.6 Å². The Morgan fingerprint density at radius 2 is 1.82 bits per heavy atom. The van der Waals surface area contributed by atoms with Gasteiger partial charge in [-0.15, -0.1) is 0 Å². The molecule has 0 aliphatic rings. The van der Waals surface area contributed by atoms with Crippen LogP contribution in [0.2, 0.25) is 0 Å². The summed E-state index contributed by atoms with van der Waals surface area (Å²) >= 11 is 0. The van der Waals surface area contributed by atoms with E-state index < -0.39 is 9.84 Å². The largest absolute Gasteiger partial charge is 0.396 e. The Bertz CT molecular complexity index is 609. The Morgan fingerprint density at radius 1 is 1.12 bits per heavy atom. The fourth-order valence-corrected chi connectivity index (χ4v) is 3.02. The quantitative estimate of drug-likeness (QED) is 0.896. The van der Waals surface area contributed by atoms with Crippen molar-refractivity contribution < 1.29 is 8.42 Å². The van der Waals surface area contributed by atoms with Crippen LogP contribution in [0.1, 0.15) is 5.56 Å². The summed E-state index contributed by atoms with van der Waals surface area (Å²) in [5, 5.41) is 0. The lowest BCUT2D eigenvalue weighted by atomic mass is 10.2. The lowest BCUT2D eigenvalue weighted by Gasteiger charge is -2.06. The first-order valence-electron chi connectivity index (χ1n) is 5.06. The molecule has 1 aromatic heterocycles. The van der Waals surface area contributed by atoms with E-state index in [4.69, 9.17) is 5.73 Å². The molecule has 0 radical (unpaired) electrons. The Kier molecular flexibility index (Phi) is 3.10. The minimum Gasteiger partial charge on any atom is -0.396 e. The van der Waals surface area contributed by atoms with Crippen LogP contribution >= 0.6 is 0 Å². The van der Waals surface area contributed by atoms with Crippen molar-refractivity contribution in [3.63, 3.8) is 0 Å². The number of hydrogen-bond acceptors (Lipinski definition) is 4. The second-order valence-corrected chi connectivity index (χ2v) is 5.62. The molecule has 0 saturated carbocycles. The molecule has 0 unspecified atom stereocenters. The molecule has 2 aromatic rings. The summed E-state index contributed by atoms with van der Waals surface area (Å²) in [4.78, 5) is 3.91. The predicted octanol–water partition coefficient (Wildman–Crippen LogP) is 1.64. The highest BCUT2D eigenvalue weighted by Crippen LogP contribution is 2.20. The minimum atomic E-state index is -3.41. The molecule has 0 atom stereocenters. The van der Waals surface area contributed by atoms with Crippen LogP contribution in [0.15, 0.2) is 53.7 Å². The van der Waals surface area contributed by atoms with Crippen molar-refractivity contribution in [2.75, 3.05) is 5.73 Å². The van der Waals surface area contributed by atoms with Crippen LogP contribution < -0.4 is 5.73 Å². The SMILES string of the molecule is Nc1cnccc1S(=O)(=O)Cc1ccccc1. The lowest BCUT2D eigenvalue weighted by molar-refractivity contribution is 0.595. The van der Waals surface area contributed by atoms with Crippen molar-refractivity contribution >= 4 is 15.5 Å². The van der Waals surface area contributed by atoms with E-state index in [1.807, 2.05) is 6.07 Å². The number of benzene rings is 1. The number of nitrogens with zero attached hydrogens (tertiary/aromatic N) is 1. The van der Waals surface area contributed by atoms with E-state index in [0.29, 0.717) is 0 Å². The smallest absolute Gasteiger partial charge is 0.184 e. The molecular weight excluding hydrogens is 236 g/mol. The Hall–Kier alpha value is -1.88. The number of rotatable bonds is 3. The number of nitrogen functional groups attached to an aromatic ring is 1. The summed E-state index contributed by atoms with van der Waals surface area (Å²) in [7, 11) is -3.41. The Labute approximate surface area is 100 Å². The van der Waals surface area contributed by atoms with Gasteiger partial charge in [0.2, 0.25) is 0 Å². The van der Waals surface area contributed by atoms with E-state index >= 15 is 0 Å². The van der Waals surface area contributed by atoms with Crippen molar-refractivity contribution in [2.45, 2.75) is 10.6 Å². The van der Waals surface area contributed by atoms with Gasteiger partial charge in [-0.05, 0) is 11.6 Å². The zero-order valence-corrected chi connectivity index (χ0v) is 9.89. The van der Waals surface area contributed by atoms with Gasteiger partial charge in [-0.1, -0.05) is 30.3 Å². The predicted molar refractivity (Wildman–Crippen MR) is 66.0 cm³/mol. The number of aromatic nitrogens is 1. The fourth-order valence-electron chi connectivity index (χ4n) is 1.55. The third kappa shape index (κ3) is 2.62. The number of hydrogen-bond donors (Lipinski definition) is 1. The Morgan fingerprint density at radius 3 is 2.47 bits per heavy atom. The average Bonchev–Trinajstić information content (AvgIpc) is 2.30. The number of nitrogens with two attached hydrogens (primary N) is 1. The van der Waals surface area contributed by atoms with Gasteiger partial charge in [-0.25, -0.2) is 8.42 Å². The zero-order valence-electron chi connectivity index (χ0n) is 9.08. The number of sulfone groups is 1. The van der Waals surface area contributed by atoms with Crippen molar-refractivity contribution in [3.8, 4) is 0 Å². The van der Waals surface area contributed by atoms with E-state index in [9.17, 15) is 8.42 Å². The molecule has 2 rings (SSSR count). The van der Waals surface area contributed by atoms with Crippen molar-refractivity contribution in [2.24, 2.45) is 0 Å². The second-order valence-electron chi connectivity index (χ2n) is 3.66. The first kappa shape index (κ1) is 11.6. The molecule has 0 amide bonds. The van der Waals surface area contributed by atoms with E-state index in [0.717, 1.165) is 5.56 Å². The molecule has 1 heterocycles. The van der Waals surface area contributed by atoms with Gasteiger partial charge < -0.3 is 5.73 Å². The molecule has 0 spiro atoms. The fraction of sp³-hybridized carbons (Fsp3) is 0.0833. The molecule has 2 N–H and O–H groups in total. The minimum absolute atomic E-state index is 0.0535. The summed E-state index contributed by atoms with van der Waals surface area (Å²) in [5.74, 6) is -0.0535. The molecule has 88 valence electrons. The standard InChI is InChI=1S/C12H12N2O2S/c13-11-8-14-7-6-12(11)17(15,16)9-10-4-2-1-3-5-10/h1-8H,9,13H2. The first-order valence-corrected chi connectivity index (χ1v) is 6.71. The van der Waals surface area contributed by atoms with E-state index in [-0.39, 0.29) is 16.3 Å². The monoisotopic (exact) mass is 248 g/mol. The molecule has 0 saturated heterocycles. The topological polar surface area (TPSA) is 73.0 Å². The van der Waals surface area contributed by atoms with Gasteiger partial charge >= 0.3 is 0 Å². The molecule has 1 aromatic carbocycles. The summed E-state index contributed by atoms with van der Waals surface area (Å²) in [6.45, 7) is 0. The maximum atomic E-state index is 12.1. The van der Waals surface area contributed by atoms with Crippen molar-refractivity contribution in [1.29, 1.82) is 0 Å². The average molecular weight is 248 g/mol. The summed E-state index contributed by atoms with van der Waals surface area (Å²) in [5.41, 5.74) is 6.54. The van der Waals surface area contributed by atoms with Gasteiger partial charge in [0.05, 0.1) is 22.5 Å². The molecule has 0 fully saturated rings. The summed E-state index contributed by atoms with van der Waals surface area (Å²) in [6, 6.07) is 10.4. The summed E-state index contributed by atoms with van der Waals surface area (Å²) < 4.78 is 24.2. The molecule has 0 aliphatic heterocycles. The molecule has 5 heteroatoms. The second kappa shape index (κ2) is 4.55. The van der Waals surface area contributed by atoms with E-state index in [2.05, 4.69) is 4.98 Å². The van der Waals surface area contributed by atoms with Gasteiger partial charge in [0.25, 0.3) is 0 Å². The first-order chi connectivity index (χ1) is 8.09. The van der Waals surface area contributed by atoms with Gasteiger partial charge in [0.15, 0.2) is 9.84 Å². The van der Waals surface area contributed by atoms with Gasteiger partial charge in [0.1, 0.15) is 0 Å². The van der Waals surface area contributed by atoms with Crippen LogP contribution in [0.4, 0.5) is 5.69 Å². The highest BCUT2D eigenvalue weighted by molar-refractivity contribution is 7.90. The highest BCUT2D eigenvalue weighted by Gasteiger charge is 2.17. The third-order valence-corrected chi connectivity index (χ3v) is 4.10. The van der Waals surface area contributed by atoms with Crippen LogP contribution in [-0.4, -0.2) is 13.4 Å². The molecule has 0 aliphatic carbocycles. The van der Waals surface area contributed by atoms with E-state index in [1.54, 1.807) is 24.3 Å². The number of anilines is 1. The maximum absolute atomic E-state index is 12.1. The Balaban J connectivity index is 2.36. The number of pyridine rings is 1. The van der Waals surface area contributed by atoms with Gasteiger partial charge in [-0.3, -0.25) is 4.98 Å². The highest BCUT2D eigenvalue weighted by atomic mass is 32.2. The molecule has 17 heavy (non-hydrogen) atoms. The third-order valence-electron chi connectivity index (χ3n) is 2.34.